The summed E-state index contributed by atoms with van der Waals surface area (Å²) in [5.74, 6) is 0. The van der Waals surface area contributed by atoms with E-state index in [4.69, 9.17) is 4.74 Å². The van der Waals surface area contributed by atoms with Crippen LogP contribution < -0.4 is 0 Å². The van der Waals surface area contributed by atoms with Crippen LogP contribution in [0.2, 0.25) is 0 Å². The van der Waals surface area contributed by atoms with E-state index in [2.05, 4.69) is 0 Å². The van der Waals surface area contributed by atoms with Crippen molar-refractivity contribution in [2.24, 2.45) is 0 Å². The second-order valence-electron chi connectivity index (χ2n) is 3.96. The van der Waals surface area contributed by atoms with Gasteiger partial charge in [-0.25, -0.2) is 0 Å². The fourth-order valence-corrected chi connectivity index (χ4v) is 1.95. The number of ether oxygens (including phenoxy) is 1. The maximum atomic E-state index is 12.9. The van der Waals surface area contributed by atoms with Crippen LogP contribution in [0, 0.1) is 0 Å². The van der Waals surface area contributed by atoms with Crippen LogP contribution in [0.1, 0.15) is 18.1 Å². The van der Waals surface area contributed by atoms with Gasteiger partial charge in [-0.2, -0.15) is 13.2 Å². The Morgan fingerprint density at radius 3 is 2.62 bits per heavy atom. The Kier molecular flexibility index (Phi) is 2.47. The minimum atomic E-state index is -4.55. The molecular formula is C11H11F3O2. The summed E-state index contributed by atoms with van der Waals surface area (Å²) >= 11 is 0. The van der Waals surface area contributed by atoms with Crippen molar-refractivity contribution in [3.8, 4) is 0 Å². The highest BCUT2D eigenvalue weighted by molar-refractivity contribution is 5.35. The first-order valence-corrected chi connectivity index (χ1v) is 4.85. The van der Waals surface area contributed by atoms with Crippen molar-refractivity contribution >= 4 is 0 Å². The fraction of sp³-hybridized carbons (Fsp3) is 0.455. The molecule has 2 rings (SSSR count). The van der Waals surface area contributed by atoms with E-state index in [0.717, 1.165) is 6.92 Å². The smallest absolute Gasteiger partial charge is 0.368 e. The van der Waals surface area contributed by atoms with Crippen LogP contribution in [-0.2, 0) is 16.8 Å². The van der Waals surface area contributed by atoms with Crippen LogP contribution in [-0.4, -0.2) is 17.6 Å². The third kappa shape index (κ3) is 1.60. The number of alkyl halides is 3. The third-order valence-corrected chi connectivity index (χ3v) is 2.84. The van der Waals surface area contributed by atoms with E-state index >= 15 is 0 Å². The minimum absolute atomic E-state index is 0.0767. The van der Waals surface area contributed by atoms with E-state index in [1.165, 1.54) is 12.1 Å². The molecule has 0 radical (unpaired) electrons. The van der Waals surface area contributed by atoms with Gasteiger partial charge < -0.3 is 9.84 Å². The average Bonchev–Trinajstić information content (AvgIpc) is 2.15. The van der Waals surface area contributed by atoms with E-state index < -0.39 is 18.1 Å². The lowest BCUT2D eigenvalue weighted by Crippen LogP contribution is -2.48. The standard InChI is InChI=1S/C11H11F3O2/c1-10(11(12,13)14)8-5-3-2-4-7(8)6-9(15)16-10/h2-5,9,15H,6H2,1H3/t9?,10-/m0/s1. The Morgan fingerprint density at radius 2 is 2.00 bits per heavy atom. The molecule has 1 aromatic carbocycles. The van der Waals surface area contributed by atoms with Crippen LogP contribution in [0.3, 0.4) is 0 Å². The summed E-state index contributed by atoms with van der Waals surface area (Å²) in [6.07, 6.45) is -5.88. The topological polar surface area (TPSA) is 29.5 Å². The van der Waals surface area contributed by atoms with Crippen molar-refractivity contribution < 1.29 is 23.0 Å². The van der Waals surface area contributed by atoms with Gasteiger partial charge in [0, 0.05) is 6.42 Å². The SMILES string of the molecule is C[C@]1(C(F)(F)F)OC(O)Cc2ccccc21. The summed E-state index contributed by atoms with van der Waals surface area (Å²) < 4.78 is 43.5. The molecular weight excluding hydrogens is 221 g/mol. The summed E-state index contributed by atoms with van der Waals surface area (Å²) in [5.41, 5.74) is -1.88. The molecule has 0 amide bonds. The second-order valence-corrected chi connectivity index (χ2v) is 3.96. The van der Waals surface area contributed by atoms with Gasteiger partial charge in [0.15, 0.2) is 11.9 Å². The number of aliphatic hydroxyl groups is 1. The number of fused-ring (bicyclic) bond motifs is 1. The van der Waals surface area contributed by atoms with Crippen LogP contribution in [0.5, 0.6) is 0 Å². The molecule has 1 aliphatic heterocycles. The number of hydrogen-bond acceptors (Lipinski definition) is 2. The zero-order valence-electron chi connectivity index (χ0n) is 8.58. The monoisotopic (exact) mass is 232 g/mol. The molecule has 1 N–H and O–H groups in total. The van der Waals surface area contributed by atoms with Gasteiger partial charge in [0.2, 0.25) is 0 Å². The zero-order valence-corrected chi connectivity index (χ0v) is 8.58. The van der Waals surface area contributed by atoms with Crippen LogP contribution in [0.25, 0.3) is 0 Å². The van der Waals surface area contributed by atoms with Crippen molar-refractivity contribution in [1.82, 2.24) is 0 Å². The molecule has 88 valence electrons. The molecule has 0 spiro atoms. The minimum Gasteiger partial charge on any atom is -0.368 e. The lowest BCUT2D eigenvalue weighted by atomic mass is 9.87. The number of rotatable bonds is 0. The van der Waals surface area contributed by atoms with E-state index in [1.54, 1.807) is 12.1 Å². The molecule has 1 unspecified atom stereocenters. The second kappa shape index (κ2) is 3.46. The quantitative estimate of drug-likeness (QED) is 0.744. The van der Waals surface area contributed by atoms with Crippen molar-refractivity contribution in [3.63, 3.8) is 0 Å². The van der Waals surface area contributed by atoms with Gasteiger partial charge in [-0.1, -0.05) is 24.3 Å². The number of hydrogen-bond donors (Lipinski definition) is 1. The van der Waals surface area contributed by atoms with E-state index in [1.807, 2.05) is 0 Å². The highest BCUT2D eigenvalue weighted by Gasteiger charge is 2.57. The first-order valence-electron chi connectivity index (χ1n) is 4.85. The van der Waals surface area contributed by atoms with Gasteiger partial charge in [-0.3, -0.25) is 0 Å². The maximum Gasteiger partial charge on any atom is 0.421 e. The summed E-state index contributed by atoms with van der Waals surface area (Å²) in [6, 6.07) is 6.14. The maximum absolute atomic E-state index is 12.9. The number of aliphatic hydroxyl groups excluding tert-OH is 1. The summed E-state index contributed by atoms with van der Waals surface area (Å²) in [4.78, 5) is 0. The molecule has 0 fully saturated rings. The van der Waals surface area contributed by atoms with E-state index in [0.29, 0.717) is 5.56 Å². The molecule has 0 aromatic heterocycles. The largest absolute Gasteiger partial charge is 0.421 e. The Labute approximate surface area is 90.7 Å². The van der Waals surface area contributed by atoms with Gasteiger partial charge in [-0.15, -0.1) is 0 Å². The average molecular weight is 232 g/mol. The molecule has 1 heterocycles. The van der Waals surface area contributed by atoms with Crippen molar-refractivity contribution in [1.29, 1.82) is 0 Å². The van der Waals surface area contributed by atoms with Gasteiger partial charge in [-0.05, 0) is 18.1 Å². The predicted octanol–water partition coefficient (Wildman–Crippen LogP) is 2.36. The van der Waals surface area contributed by atoms with Gasteiger partial charge >= 0.3 is 6.18 Å². The van der Waals surface area contributed by atoms with E-state index in [9.17, 15) is 18.3 Å². The van der Waals surface area contributed by atoms with Crippen molar-refractivity contribution in [3.05, 3.63) is 35.4 Å². The molecule has 2 atom stereocenters. The molecule has 2 nitrogen and oxygen atoms in total. The first kappa shape index (κ1) is 11.4. The Morgan fingerprint density at radius 1 is 1.38 bits per heavy atom. The number of benzene rings is 1. The summed E-state index contributed by atoms with van der Waals surface area (Å²) in [5, 5.41) is 9.33. The molecule has 0 bridgehead atoms. The van der Waals surface area contributed by atoms with E-state index in [-0.39, 0.29) is 12.0 Å². The molecule has 16 heavy (non-hydrogen) atoms. The Balaban J connectivity index is 2.57. The predicted molar refractivity (Wildman–Crippen MR) is 50.6 cm³/mol. The van der Waals surface area contributed by atoms with Crippen LogP contribution in [0.15, 0.2) is 24.3 Å². The van der Waals surface area contributed by atoms with Gasteiger partial charge in [0.1, 0.15) is 0 Å². The molecule has 5 heteroatoms. The van der Waals surface area contributed by atoms with Crippen molar-refractivity contribution in [2.75, 3.05) is 0 Å². The molecule has 0 aliphatic carbocycles. The summed E-state index contributed by atoms with van der Waals surface area (Å²) in [7, 11) is 0. The Bertz CT molecular complexity index is 402. The number of halogens is 3. The normalized spacial score (nSPS) is 29.9. The van der Waals surface area contributed by atoms with Gasteiger partial charge in [0.25, 0.3) is 0 Å². The molecule has 0 saturated carbocycles. The molecule has 0 saturated heterocycles. The molecule has 1 aromatic rings. The van der Waals surface area contributed by atoms with Crippen molar-refractivity contribution in [2.45, 2.75) is 31.4 Å². The molecule has 1 aliphatic rings. The zero-order chi connectivity index (χ0) is 12.0. The Hall–Kier alpha value is -1.07. The summed E-state index contributed by atoms with van der Waals surface area (Å²) in [6.45, 7) is 0.939. The van der Waals surface area contributed by atoms with Gasteiger partial charge in [0.05, 0.1) is 0 Å². The third-order valence-electron chi connectivity index (χ3n) is 2.84. The van der Waals surface area contributed by atoms with Crippen LogP contribution >= 0.6 is 0 Å². The first-order chi connectivity index (χ1) is 7.34. The lowest BCUT2D eigenvalue weighted by Gasteiger charge is -2.39. The fourth-order valence-electron chi connectivity index (χ4n) is 1.95. The lowest BCUT2D eigenvalue weighted by molar-refractivity contribution is -0.323. The highest BCUT2D eigenvalue weighted by atomic mass is 19.4. The van der Waals surface area contributed by atoms with Crippen LogP contribution in [0.4, 0.5) is 13.2 Å². The highest BCUT2D eigenvalue weighted by Crippen LogP contribution is 2.46.